The molecular formula is C28H27N5O3S2. The van der Waals surface area contributed by atoms with Gasteiger partial charge in [-0.2, -0.15) is 5.26 Å². The van der Waals surface area contributed by atoms with Gasteiger partial charge >= 0.3 is 0 Å². The predicted octanol–water partition coefficient (Wildman–Crippen LogP) is 4.37. The fourth-order valence-corrected chi connectivity index (χ4v) is 6.16. The van der Waals surface area contributed by atoms with Gasteiger partial charge in [-0.3, -0.25) is 19.1 Å². The Morgan fingerprint density at radius 1 is 1.08 bits per heavy atom. The third-order valence-corrected chi connectivity index (χ3v) is 8.28. The summed E-state index contributed by atoms with van der Waals surface area (Å²) in [6, 6.07) is 15.9. The number of thiocarbonyl (C=S) groups is 1. The number of pyridine rings is 1. The molecule has 1 aromatic carbocycles. The lowest BCUT2D eigenvalue weighted by Gasteiger charge is -2.39. The van der Waals surface area contributed by atoms with Gasteiger partial charge in [0, 0.05) is 44.0 Å². The van der Waals surface area contributed by atoms with Crippen LogP contribution < -0.4 is 15.4 Å². The Bertz CT molecular complexity index is 1500. The van der Waals surface area contributed by atoms with Gasteiger partial charge in [-0.15, -0.1) is 0 Å². The maximum Gasteiger partial charge on any atom is 0.270 e. The molecule has 2 saturated heterocycles. The van der Waals surface area contributed by atoms with Crippen molar-refractivity contribution in [3.63, 3.8) is 0 Å². The number of para-hydroxylation sites is 1. The minimum atomic E-state index is -0.310. The molecule has 0 unspecified atom stereocenters. The molecule has 8 nitrogen and oxygen atoms in total. The van der Waals surface area contributed by atoms with E-state index in [-0.39, 0.29) is 23.6 Å². The summed E-state index contributed by atoms with van der Waals surface area (Å²) in [7, 11) is 0. The number of hydrogen-bond donors (Lipinski definition) is 0. The SMILES string of the molecule is CCn1c(N2CCN(c3ccccc3)CC2)c(/C=C2\SC(=S)N(Cc3ccco3)C2=O)c(C)c(C#N)c1=O. The monoisotopic (exact) mass is 545 g/mol. The van der Waals surface area contributed by atoms with Crippen LogP contribution in [0.2, 0.25) is 0 Å². The van der Waals surface area contributed by atoms with Crippen LogP contribution in [0.5, 0.6) is 0 Å². The fourth-order valence-electron chi connectivity index (χ4n) is 4.92. The van der Waals surface area contributed by atoms with Crippen molar-refractivity contribution in [3.8, 4) is 6.07 Å². The minimum Gasteiger partial charge on any atom is -0.467 e. The smallest absolute Gasteiger partial charge is 0.270 e. The number of benzene rings is 1. The van der Waals surface area contributed by atoms with Gasteiger partial charge in [-0.05, 0) is 49.8 Å². The van der Waals surface area contributed by atoms with Crippen LogP contribution in [-0.2, 0) is 17.9 Å². The van der Waals surface area contributed by atoms with E-state index in [4.69, 9.17) is 16.6 Å². The standard InChI is InChI=1S/C28H27N5O3S2/c1-3-32-25(31-13-11-30(12-14-31)20-8-5-4-6-9-20)22(19(2)23(17-29)26(32)34)16-24-27(35)33(28(37)38-24)18-21-10-7-15-36-21/h4-10,15-16H,3,11-14,18H2,1-2H3/b24-16-. The molecule has 1 amide bonds. The molecule has 0 bridgehead atoms. The third kappa shape index (κ3) is 4.75. The molecule has 2 aliphatic heterocycles. The van der Waals surface area contributed by atoms with Crippen molar-refractivity contribution in [1.82, 2.24) is 9.47 Å². The van der Waals surface area contributed by atoms with E-state index in [1.165, 1.54) is 16.7 Å². The number of hydrogen-bond acceptors (Lipinski definition) is 8. The van der Waals surface area contributed by atoms with Gasteiger partial charge in [0.1, 0.15) is 27.5 Å². The summed E-state index contributed by atoms with van der Waals surface area (Å²) in [4.78, 5) is 33.2. The average molecular weight is 546 g/mol. The molecule has 5 rings (SSSR count). The van der Waals surface area contributed by atoms with Crippen molar-refractivity contribution in [1.29, 1.82) is 5.26 Å². The van der Waals surface area contributed by atoms with Crippen molar-refractivity contribution in [2.75, 3.05) is 36.0 Å². The molecule has 2 fully saturated rings. The Kier molecular flexibility index (Phi) is 7.40. The Labute approximate surface area is 230 Å². The Morgan fingerprint density at radius 3 is 2.42 bits per heavy atom. The Hall–Kier alpha value is -3.81. The maximum atomic E-state index is 13.4. The number of nitrogens with zero attached hydrogens (tertiary/aromatic N) is 5. The van der Waals surface area contributed by atoms with Gasteiger partial charge in [0.25, 0.3) is 11.5 Å². The number of carbonyl (C=O) groups excluding carboxylic acids is 1. The molecule has 3 aromatic rings. The van der Waals surface area contributed by atoms with Crippen molar-refractivity contribution in [3.05, 3.63) is 86.4 Å². The molecule has 0 N–H and O–H groups in total. The van der Waals surface area contributed by atoms with E-state index in [2.05, 4.69) is 28.0 Å². The number of nitriles is 1. The molecule has 38 heavy (non-hydrogen) atoms. The second kappa shape index (κ2) is 10.9. The number of furan rings is 1. The molecule has 2 aliphatic rings. The minimum absolute atomic E-state index is 0.0934. The summed E-state index contributed by atoms with van der Waals surface area (Å²) in [5.41, 5.74) is 2.22. The van der Waals surface area contributed by atoms with Crippen molar-refractivity contribution < 1.29 is 9.21 Å². The van der Waals surface area contributed by atoms with Gasteiger partial charge < -0.3 is 14.2 Å². The Balaban J connectivity index is 1.53. The van der Waals surface area contributed by atoms with Crippen LogP contribution in [0.15, 0.2) is 62.8 Å². The summed E-state index contributed by atoms with van der Waals surface area (Å²) in [6.07, 6.45) is 3.36. The summed E-state index contributed by atoms with van der Waals surface area (Å²) in [5, 5.41) is 9.83. The van der Waals surface area contributed by atoms with E-state index >= 15 is 0 Å². The molecule has 194 valence electrons. The first-order valence-corrected chi connectivity index (χ1v) is 13.7. The topological polar surface area (TPSA) is 85.7 Å². The van der Waals surface area contributed by atoms with Crippen LogP contribution >= 0.6 is 24.0 Å². The first-order chi connectivity index (χ1) is 18.4. The van der Waals surface area contributed by atoms with E-state index < -0.39 is 0 Å². The van der Waals surface area contributed by atoms with E-state index in [9.17, 15) is 14.9 Å². The highest BCUT2D eigenvalue weighted by molar-refractivity contribution is 8.26. The van der Waals surface area contributed by atoms with Gasteiger partial charge in [0.2, 0.25) is 0 Å². The summed E-state index contributed by atoms with van der Waals surface area (Å²) in [5.74, 6) is 1.16. The summed E-state index contributed by atoms with van der Waals surface area (Å²) in [6.45, 7) is 7.28. The molecule has 0 spiro atoms. The van der Waals surface area contributed by atoms with Crippen LogP contribution in [0.4, 0.5) is 11.5 Å². The van der Waals surface area contributed by atoms with Gasteiger partial charge in [0.05, 0.1) is 17.7 Å². The zero-order valence-corrected chi connectivity index (χ0v) is 22.8. The molecule has 4 heterocycles. The second-order valence-electron chi connectivity index (χ2n) is 9.06. The molecule has 0 aliphatic carbocycles. The first kappa shape index (κ1) is 25.8. The quantitative estimate of drug-likeness (QED) is 0.334. The second-order valence-corrected chi connectivity index (χ2v) is 10.7. The molecule has 0 radical (unpaired) electrons. The first-order valence-electron chi connectivity index (χ1n) is 12.4. The van der Waals surface area contributed by atoms with E-state index in [1.807, 2.05) is 25.1 Å². The van der Waals surface area contributed by atoms with Crippen LogP contribution in [0.1, 0.15) is 29.4 Å². The van der Waals surface area contributed by atoms with Crippen LogP contribution in [0.25, 0.3) is 6.08 Å². The number of thioether (sulfide) groups is 1. The number of carbonyl (C=O) groups is 1. The number of aromatic nitrogens is 1. The molecule has 2 aromatic heterocycles. The lowest BCUT2D eigenvalue weighted by atomic mass is 10.0. The van der Waals surface area contributed by atoms with Crippen LogP contribution in [0, 0.1) is 18.3 Å². The highest BCUT2D eigenvalue weighted by Crippen LogP contribution is 2.37. The van der Waals surface area contributed by atoms with Gasteiger partial charge in [-0.1, -0.05) is 42.2 Å². The number of amides is 1. The largest absolute Gasteiger partial charge is 0.467 e. The van der Waals surface area contributed by atoms with Crippen LogP contribution in [-0.4, -0.2) is 45.9 Å². The van der Waals surface area contributed by atoms with Crippen molar-refractivity contribution in [2.24, 2.45) is 0 Å². The van der Waals surface area contributed by atoms with E-state index in [0.717, 1.165) is 24.6 Å². The zero-order chi connectivity index (χ0) is 26.8. The van der Waals surface area contributed by atoms with Gasteiger partial charge in [0.15, 0.2) is 0 Å². The van der Waals surface area contributed by atoms with Crippen molar-refractivity contribution in [2.45, 2.75) is 26.9 Å². The van der Waals surface area contributed by atoms with Crippen LogP contribution in [0.3, 0.4) is 0 Å². The number of piperazine rings is 1. The fraction of sp³-hybridized carbons (Fsp3) is 0.286. The average Bonchev–Trinajstić information content (AvgIpc) is 3.55. The Morgan fingerprint density at radius 2 is 1.79 bits per heavy atom. The van der Waals surface area contributed by atoms with E-state index in [1.54, 1.807) is 36.0 Å². The zero-order valence-electron chi connectivity index (χ0n) is 21.2. The molecule has 0 atom stereocenters. The summed E-state index contributed by atoms with van der Waals surface area (Å²) >= 11 is 6.74. The highest BCUT2D eigenvalue weighted by Gasteiger charge is 2.34. The maximum absolute atomic E-state index is 13.4. The van der Waals surface area contributed by atoms with Gasteiger partial charge in [-0.25, -0.2) is 0 Å². The van der Waals surface area contributed by atoms with Crippen molar-refractivity contribution >= 4 is 51.8 Å². The number of anilines is 2. The molecular weight excluding hydrogens is 518 g/mol. The molecule has 10 heteroatoms. The lowest BCUT2D eigenvalue weighted by molar-refractivity contribution is -0.122. The molecule has 0 saturated carbocycles. The normalized spacial score (nSPS) is 17.0. The number of rotatable bonds is 6. The third-order valence-electron chi connectivity index (χ3n) is 6.91. The lowest BCUT2D eigenvalue weighted by Crippen LogP contribution is -2.48. The predicted molar refractivity (Wildman–Crippen MR) is 154 cm³/mol. The summed E-state index contributed by atoms with van der Waals surface area (Å²) < 4.78 is 7.50. The highest BCUT2D eigenvalue weighted by atomic mass is 32.2. The van der Waals surface area contributed by atoms with E-state index in [0.29, 0.717) is 45.7 Å².